The van der Waals surface area contributed by atoms with E-state index in [4.69, 9.17) is 32.7 Å². The largest absolute Gasteiger partial charge is 0.490 e. The maximum atomic E-state index is 13.1. The third-order valence-corrected chi connectivity index (χ3v) is 3.44. The summed E-state index contributed by atoms with van der Waals surface area (Å²) in [5, 5.41) is 0.0821. The van der Waals surface area contributed by atoms with Crippen molar-refractivity contribution in [3.63, 3.8) is 0 Å². The topological polar surface area (TPSA) is 18.5 Å². The first kappa shape index (κ1) is 15.9. The van der Waals surface area contributed by atoms with E-state index in [2.05, 4.69) is 0 Å². The third-order valence-electron chi connectivity index (χ3n) is 2.84. The van der Waals surface area contributed by atoms with E-state index in [9.17, 15) is 4.39 Å². The highest BCUT2D eigenvalue weighted by Crippen LogP contribution is 2.30. The molecule has 0 radical (unpaired) electrons. The molecule has 0 fully saturated rings. The second-order valence-corrected chi connectivity index (χ2v) is 5.06. The summed E-state index contributed by atoms with van der Waals surface area (Å²) < 4.78 is 24.4. The van der Waals surface area contributed by atoms with E-state index >= 15 is 0 Å². The number of hydrogen-bond acceptors (Lipinski definition) is 2. The molecule has 0 aliphatic heterocycles. The second kappa shape index (κ2) is 7.53. The first-order valence-corrected chi connectivity index (χ1v) is 7.43. The van der Waals surface area contributed by atoms with Gasteiger partial charge < -0.3 is 9.47 Å². The molecular weight excluding hydrogens is 314 g/mol. The van der Waals surface area contributed by atoms with Crippen LogP contribution in [0.25, 0.3) is 0 Å². The van der Waals surface area contributed by atoms with Gasteiger partial charge in [0.1, 0.15) is 12.4 Å². The third kappa shape index (κ3) is 4.26. The Hall–Kier alpha value is -1.45. The van der Waals surface area contributed by atoms with Crippen molar-refractivity contribution >= 4 is 23.2 Å². The Bertz CT molecular complexity index is 617. The fourth-order valence-electron chi connectivity index (χ4n) is 1.81. The van der Waals surface area contributed by atoms with Crippen molar-refractivity contribution in [2.75, 3.05) is 6.61 Å². The lowest BCUT2D eigenvalue weighted by molar-refractivity contribution is 0.269. The smallest absolute Gasteiger partial charge is 0.161 e. The zero-order valence-corrected chi connectivity index (χ0v) is 13.0. The first-order chi connectivity index (χ1) is 10.1. The fraction of sp³-hybridized carbons (Fsp3) is 0.250. The van der Waals surface area contributed by atoms with E-state index in [0.29, 0.717) is 24.0 Å². The molecule has 2 nitrogen and oxygen atoms in total. The predicted octanol–water partition coefficient (Wildman–Crippen LogP) is 5.20. The highest BCUT2D eigenvalue weighted by Gasteiger charge is 2.08. The molecule has 0 aromatic heterocycles. The molecule has 2 aromatic rings. The van der Waals surface area contributed by atoms with Crippen LogP contribution in [0.4, 0.5) is 4.39 Å². The van der Waals surface area contributed by atoms with Crippen LogP contribution in [-0.4, -0.2) is 6.61 Å². The van der Waals surface area contributed by atoms with Gasteiger partial charge in [-0.15, -0.1) is 11.6 Å². The lowest BCUT2D eigenvalue weighted by Gasteiger charge is -2.13. The maximum Gasteiger partial charge on any atom is 0.161 e. The Labute approximate surface area is 133 Å². The van der Waals surface area contributed by atoms with Gasteiger partial charge in [0.25, 0.3) is 0 Å². The molecule has 0 aliphatic rings. The lowest BCUT2D eigenvalue weighted by atomic mass is 10.2. The van der Waals surface area contributed by atoms with E-state index in [1.807, 2.05) is 25.1 Å². The number of halogens is 3. The Morgan fingerprint density at radius 1 is 1.00 bits per heavy atom. The van der Waals surface area contributed by atoms with Gasteiger partial charge in [-0.05, 0) is 42.3 Å². The predicted molar refractivity (Wildman–Crippen MR) is 82.9 cm³/mol. The van der Waals surface area contributed by atoms with Crippen LogP contribution in [0.5, 0.6) is 11.5 Å². The maximum absolute atomic E-state index is 13.1. The number of benzene rings is 2. The van der Waals surface area contributed by atoms with Gasteiger partial charge in [0.2, 0.25) is 0 Å². The molecule has 0 saturated heterocycles. The van der Waals surface area contributed by atoms with Crippen LogP contribution in [0.15, 0.2) is 36.4 Å². The van der Waals surface area contributed by atoms with Crippen LogP contribution in [0.3, 0.4) is 0 Å². The van der Waals surface area contributed by atoms with Gasteiger partial charge in [-0.3, -0.25) is 0 Å². The molecule has 0 atom stereocenters. The van der Waals surface area contributed by atoms with Crippen molar-refractivity contribution in [2.24, 2.45) is 0 Å². The molecule has 21 heavy (non-hydrogen) atoms. The Balaban J connectivity index is 2.13. The first-order valence-electron chi connectivity index (χ1n) is 6.52. The molecule has 0 N–H and O–H groups in total. The van der Waals surface area contributed by atoms with Gasteiger partial charge in [-0.2, -0.15) is 0 Å². The van der Waals surface area contributed by atoms with Crippen LogP contribution < -0.4 is 9.47 Å². The summed E-state index contributed by atoms with van der Waals surface area (Å²) in [7, 11) is 0. The number of alkyl halides is 1. The molecule has 112 valence electrons. The van der Waals surface area contributed by atoms with Crippen LogP contribution in [0.1, 0.15) is 18.1 Å². The van der Waals surface area contributed by atoms with Crippen molar-refractivity contribution in [3.05, 3.63) is 58.4 Å². The standard InChI is InChI=1S/C16H15Cl2FO2/c1-2-20-16-8-11(9-17)4-6-15(16)21-10-12-3-5-14(19)13(18)7-12/h3-8H,2,9-10H2,1H3. The van der Waals surface area contributed by atoms with Gasteiger partial charge in [0.05, 0.1) is 11.6 Å². The minimum atomic E-state index is -0.443. The van der Waals surface area contributed by atoms with Crippen molar-refractivity contribution in [3.8, 4) is 11.5 Å². The Morgan fingerprint density at radius 3 is 2.43 bits per heavy atom. The molecule has 0 saturated carbocycles. The highest BCUT2D eigenvalue weighted by molar-refractivity contribution is 6.30. The SMILES string of the molecule is CCOc1cc(CCl)ccc1OCc1ccc(F)c(Cl)c1. The average molecular weight is 329 g/mol. The second-order valence-electron chi connectivity index (χ2n) is 4.38. The average Bonchev–Trinajstić information content (AvgIpc) is 2.49. The number of ether oxygens (including phenoxy) is 2. The summed E-state index contributed by atoms with van der Waals surface area (Å²) in [6.45, 7) is 2.71. The van der Waals surface area contributed by atoms with Gasteiger partial charge in [0, 0.05) is 5.88 Å². The quantitative estimate of drug-likeness (QED) is 0.679. The summed E-state index contributed by atoms with van der Waals surface area (Å²) in [4.78, 5) is 0. The molecule has 2 rings (SSSR count). The normalized spacial score (nSPS) is 10.5. The minimum absolute atomic E-state index is 0.0821. The molecule has 2 aromatic carbocycles. The Kier molecular flexibility index (Phi) is 5.71. The zero-order chi connectivity index (χ0) is 15.2. The van der Waals surface area contributed by atoms with Gasteiger partial charge in [0.15, 0.2) is 11.5 Å². The van der Waals surface area contributed by atoms with Crippen molar-refractivity contribution in [1.82, 2.24) is 0 Å². The molecule has 0 bridgehead atoms. The highest BCUT2D eigenvalue weighted by atomic mass is 35.5. The summed E-state index contributed by atoms with van der Waals surface area (Å²) >= 11 is 11.6. The summed E-state index contributed by atoms with van der Waals surface area (Å²) in [5.74, 6) is 1.23. The van der Waals surface area contributed by atoms with Crippen molar-refractivity contribution in [2.45, 2.75) is 19.4 Å². The van der Waals surface area contributed by atoms with Gasteiger partial charge in [-0.25, -0.2) is 4.39 Å². The molecule has 5 heteroatoms. The summed E-state index contributed by atoms with van der Waals surface area (Å²) in [6, 6.07) is 10.0. The van der Waals surface area contributed by atoms with E-state index < -0.39 is 5.82 Å². The van der Waals surface area contributed by atoms with Gasteiger partial charge in [-0.1, -0.05) is 23.7 Å². The van der Waals surface area contributed by atoms with Gasteiger partial charge >= 0.3 is 0 Å². The number of hydrogen-bond donors (Lipinski definition) is 0. The van der Waals surface area contributed by atoms with Crippen LogP contribution in [0.2, 0.25) is 5.02 Å². The molecule has 0 heterocycles. The summed E-state index contributed by atoms with van der Waals surface area (Å²) in [6.07, 6.45) is 0. The van der Waals surface area contributed by atoms with E-state index in [-0.39, 0.29) is 11.6 Å². The molecule has 0 unspecified atom stereocenters. The molecule has 0 spiro atoms. The Morgan fingerprint density at radius 2 is 1.76 bits per heavy atom. The summed E-state index contributed by atoms with van der Waals surface area (Å²) in [5.41, 5.74) is 1.74. The lowest BCUT2D eigenvalue weighted by Crippen LogP contribution is -2.00. The monoisotopic (exact) mass is 328 g/mol. The van der Waals surface area contributed by atoms with E-state index in [1.54, 1.807) is 12.1 Å². The molecule has 0 amide bonds. The van der Waals surface area contributed by atoms with Crippen molar-refractivity contribution < 1.29 is 13.9 Å². The van der Waals surface area contributed by atoms with E-state index in [0.717, 1.165) is 11.1 Å². The van der Waals surface area contributed by atoms with Crippen LogP contribution in [-0.2, 0) is 12.5 Å². The van der Waals surface area contributed by atoms with Crippen LogP contribution in [0, 0.1) is 5.82 Å². The van der Waals surface area contributed by atoms with Crippen LogP contribution >= 0.6 is 23.2 Å². The minimum Gasteiger partial charge on any atom is -0.490 e. The van der Waals surface area contributed by atoms with E-state index in [1.165, 1.54) is 6.07 Å². The zero-order valence-electron chi connectivity index (χ0n) is 11.5. The molecular formula is C16H15Cl2FO2. The number of rotatable bonds is 6. The fourth-order valence-corrected chi connectivity index (χ4v) is 2.18. The molecule has 0 aliphatic carbocycles. The van der Waals surface area contributed by atoms with Crippen molar-refractivity contribution in [1.29, 1.82) is 0 Å².